The summed E-state index contributed by atoms with van der Waals surface area (Å²) in [6, 6.07) is 2.83. The Kier molecular flexibility index (Phi) is 2.88. The minimum absolute atomic E-state index is 0.0774. The Hall–Kier alpha value is -1.09. The van der Waals surface area contributed by atoms with Crippen molar-refractivity contribution in [3.63, 3.8) is 0 Å². The smallest absolute Gasteiger partial charge is 0.165 e. The molecule has 1 rings (SSSR count). The standard InChI is InChI=1S/C10H14FNO/c1-6-3-4-9(11)10(13)8(6)5-7(2)12/h3-4,7,13H,5,12H2,1-2H3. The summed E-state index contributed by atoms with van der Waals surface area (Å²) in [5.41, 5.74) is 7.06. The summed E-state index contributed by atoms with van der Waals surface area (Å²) in [6.07, 6.45) is 0.495. The van der Waals surface area contributed by atoms with Crippen molar-refractivity contribution >= 4 is 0 Å². The third-order valence-electron chi connectivity index (χ3n) is 1.99. The second-order valence-corrected chi connectivity index (χ2v) is 3.37. The van der Waals surface area contributed by atoms with E-state index in [1.54, 1.807) is 6.07 Å². The first kappa shape index (κ1) is 9.99. The van der Waals surface area contributed by atoms with Crippen molar-refractivity contribution in [3.05, 3.63) is 29.1 Å². The van der Waals surface area contributed by atoms with Gasteiger partial charge in [0, 0.05) is 11.6 Å². The van der Waals surface area contributed by atoms with Gasteiger partial charge in [0.15, 0.2) is 11.6 Å². The van der Waals surface area contributed by atoms with Gasteiger partial charge in [0.25, 0.3) is 0 Å². The molecule has 0 aliphatic carbocycles. The average Bonchev–Trinajstić information content (AvgIpc) is 2.05. The fourth-order valence-corrected chi connectivity index (χ4v) is 1.29. The van der Waals surface area contributed by atoms with Gasteiger partial charge in [0.05, 0.1) is 0 Å². The molecule has 0 saturated heterocycles. The topological polar surface area (TPSA) is 46.2 Å². The van der Waals surface area contributed by atoms with Gasteiger partial charge in [0.1, 0.15) is 0 Å². The lowest BCUT2D eigenvalue weighted by Gasteiger charge is -2.11. The third kappa shape index (κ3) is 2.18. The first-order chi connectivity index (χ1) is 6.02. The van der Waals surface area contributed by atoms with Crippen molar-refractivity contribution in [2.24, 2.45) is 5.73 Å². The summed E-state index contributed by atoms with van der Waals surface area (Å²) in [4.78, 5) is 0. The number of hydrogen-bond donors (Lipinski definition) is 2. The molecule has 0 amide bonds. The maximum absolute atomic E-state index is 12.9. The molecular formula is C10H14FNO. The molecule has 1 atom stereocenters. The molecule has 0 spiro atoms. The van der Waals surface area contributed by atoms with Crippen molar-refractivity contribution in [3.8, 4) is 5.75 Å². The summed E-state index contributed by atoms with van der Waals surface area (Å²) in [5.74, 6) is -0.849. The molecule has 1 aromatic rings. The van der Waals surface area contributed by atoms with Crippen LogP contribution < -0.4 is 5.73 Å². The summed E-state index contributed by atoms with van der Waals surface area (Å²) in [6.45, 7) is 3.65. The second kappa shape index (κ2) is 3.75. The van der Waals surface area contributed by atoms with E-state index >= 15 is 0 Å². The van der Waals surface area contributed by atoms with Gasteiger partial charge in [-0.05, 0) is 31.9 Å². The van der Waals surface area contributed by atoms with Crippen LogP contribution in [-0.2, 0) is 6.42 Å². The Morgan fingerprint density at radius 2 is 2.15 bits per heavy atom. The number of nitrogens with two attached hydrogens (primary N) is 1. The van der Waals surface area contributed by atoms with Gasteiger partial charge in [-0.25, -0.2) is 4.39 Å². The monoisotopic (exact) mass is 183 g/mol. The zero-order valence-corrected chi connectivity index (χ0v) is 7.84. The van der Waals surface area contributed by atoms with Crippen LogP contribution in [0.25, 0.3) is 0 Å². The zero-order chi connectivity index (χ0) is 10.0. The highest BCUT2D eigenvalue weighted by atomic mass is 19.1. The number of rotatable bonds is 2. The maximum atomic E-state index is 12.9. The highest BCUT2D eigenvalue weighted by Crippen LogP contribution is 2.25. The molecule has 1 aromatic carbocycles. The molecule has 0 heterocycles. The molecule has 1 unspecified atom stereocenters. The maximum Gasteiger partial charge on any atom is 0.165 e. The van der Waals surface area contributed by atoms with Crippen LogP contribution in [0.4, 0.5) is 4.39 Å². The van der Waals surface area contributed by atoms with Crippen molar-refractivity contribution < 1.29 is 9.50 Å². The van der Waals surface area contributed by atoms with E-state index in [2.05, 4.69) is 0 Å². The molecule has 0 radical (unpaired) electrons. The van der Waals surface area contributed by atoms with E-state index in [-0.39, 0.29) is 11.8 Å². The SMILES string of the molecule is Cc1ccc(F)c(O)c1CC(C)N. The van der Waals surface area contributed by atoms with Crippen LogP contribution in [0.15, 0.2) is 12.1 Å². The predicted octanol–water partition coefficient (Wildman–Crippen LogP) is 1.73. The van der Waals surface area contributed by atoms with Gasteiger partial charge in [-0.15, -0.1) is 0 Å². The molecule has 3 N–H and O–H groups in total. The van der Waals surface area contributed by atoms with E-state index in [9.17, 15) is 9.50 Å². The first-order valence-corrected chi connectivity index (χ1v) is 4.25. The molecule has 2 nitrogen and oxygen atoms in total. The van der Waals surface area contributed by atoms with Crippen LogP contribution in [0.5, 0.6) is 5.75 Å². The number of phenols is 1. The number of halogens is 1. The highest BCUT2D eigenvalue weighted by molar-refractivity contribution is 5.40. The van der Waals surface area contributed by atoms with Crippen molar-refractivity contribution in [1.29, 1.82) is 0 Å². The summed E-state index contributed by atoms with van der Waals surface area (Å²) in [5, 5.41) is 9.40. The molecule has 0 fully saturated rings. The molecule has 13 heavy (non-hydrogen) atoms. The number of aromatic hydroxyl groups is 1. The lowest BCUT2D eigenvalue weighted by Crippen LogP contribution is -2.18. The Morgan fingerprint density at radius 1 is 1.54 bits per heavy atom. The molecule has 72 valence electrons. The summed E-state index contributed by atoms with van der Waals surface area (Å²) in [7, 11) is 0. The van der Waals surface area contributed by atoms with Gasteiger partial charge >= 0.3 is 0 Å². The van der Waals surface area contributed by atoms with Crippen LogP contribution in [0, 0.1) is 12.7 Å². The minimum atomic E-state index is -0.582. The number of hydrogen-bond acceptors (Lipinski definition) is 2. The number of aryl methyl sites for hydroxylation is 1. The van der Waals surface area contributed by atoms with E-state index in [4.69, 9.17) is 5.73 Å². The van der Waals surface area contributed by atoms with E-state index in [0.717, 1.165) is 5.56 Å². The van der Waals surface area contributed by atoms with Crippen LogP contribution in [0.1, 0.15) is 18.1 Å². The third-order valence-corrected chi connectivity index (χ3v) is 1.99. The van der Waals surface area contributed by atoms with Gasteiger partial charge in [-0.1, -0.05) is 6.07 Å². The lowest BCUT2D eigenvalue weighted by atomic mass is 10.0. The van der Waals surface area contributed by atoms with Crippen LogP contribution in [0.3, 0.4) is 0 Å². The van der Waals surface area contributed by atoms with Gasteiger partial charge in [-0.2, -0.15) is 0 Å². The minimum Gasteiger partial charge on any atom is -0.505 e. The largest absolute Gasteiger partial charge is 0.505 e. The Balaban J connectivity index is 3.10. The average molecular weight is 183 g/mol. The summed E-state index contributed by atoms with van der Waals surface area (Å²) < 4.78 is 12.9. The van der Waals surface area contributed by atoms with Crippen LogP contribution in [-0.4, -0.2) is 11.1 Å². The molecule has 0 saturated carbocycles. The first-order valence-electron chi connectivity index (χ1n) is 4.25. The van der Waals surface area contributed by atoms with Gasteiger partial charge in [-0.3, -0.25) is 0 Å². The molecule has 0 bridgehead atoms. The van der Waals surface area contributed by atoms with E-state index < -0.39 is 5.82 Å². The Labute approximate surface area is 77.2 Å². The highest BCUT2D eigenvalue weighted by Gasteiger charge is 2.11. The Bertz CT molecular complexity index is 310. The molecule has 0 aliphatic heterocycles. The quantitative estimate of drug-likeness (QED) is 0.733. The van der Waals surface area contributed by atoms with Crippen LogP contribution >= 0.6 is 0 Å². The summed E-state index contributed by atoms with van der Waals surface area (Å²) >= 11 is 0. The van der Waals surface area contributed by atoms with Crippen molar-refractivity contribution in [2.45, 2.75) is 26.3 Å². The van der Waals surface area contributed by atoms with E-state index in [1.807, 2.05) is 13.8 Å². The van der Waals surface area contributed by atoms with E-state index in [0.29, 0.717) is 12.0 Å². The fraction of sp³-hybridized carbons (Fsp3) is 0.400. The van der Waals surface area contributed by atoms with Gasteiger partial charge in [0.2, 0.25) is 0 Å². The molecular weight excluding hydrogens is 169 g/mol. The van der Waals surface area contributed by atoms with Gasteiger partial charge < -0.3 is 10.8 Å². The Morgan fingerprint density at radius 3 is 2.69 bits per heavy atom. The fourth-order valence-electron chi connectivity index (χ4n) is 1.29. The molecule has 0 aliphatic rings. The van der Waals surface area contributed by atoms with Crippen molar-refractivity contribution in [1.82, 2.24) is 0 Å². The zero-order valence-electron chi connectivity index (χ0n) is 7.84. The number of phenolic OH excluding ortho intramolecular Hbond substituents is 1. The predicted molar refractivity (Wildman–Crippen MR) is 50.2 cm³/mol. The molecule has 0 aromatic heterocycles. The normalized spacial score (nSPS) is 12.9. The molecule has 3 heteroatoms. The second-order valence-electron chi connectivity index (χ2n) is 3.37. The lowest BCUT2D eigenvalue weighted by molar-refractivity contribution is 0.423. The van der Waals surface area contributed by atoms with Crippen molar-refractivity contribution in [2.75, 3.05) is 0 Å². The van der Waals surface area contributed by atoms with E-state index in [1.165, 1.54) is 6.07 Å². The van der Waals surface area contributed by atoms with Crippen LogP contribution in [0.2, 0.25) is 0 Å². The number of benzene rings is 1.